The van der Waals surface area contributed by atoms with Gasteiger partial charge < -0.3 is 26.8 Å². The SMILES string of the molecule is CSCCC(NC(=O)C(CS)NC(=O)CN)C(=O)NC(CC(C)C)C(=O)O. The molecular weight excluding hydrogens is 392 g/mol. The average molecular weight is 423 g/mol. The normalized spacial score (nSPS) is 14.1. The molecule has 6 N–H and O–H groups in total. The molecule has 11 heteroatoms. The Morgan fingerprint density at radius 2 is 1.59 bits per heavy atom. The fourth-order valence-corrected chi connectivity index (χ4v) is 2.92. The number of hydrogen-bond acceptors (Lipinski definition) is 7. The van der Waals surface area contributed by atoms with E-state index < -0.39 is 41.8 Å². The molecule has 0 saturated carbocycles. The van der Waals surface area contributed by atoms with Crippen LogP contribution in [0.4, 0.5) is 0 Å². The van der Waals surface area contributed by atoms with E-state index in [1.54, 1.807) is 0 Å². The minimum absolute atomic E-state index is 0.0273. The highest BCUT2D eigenvalue weighted by Gasteiger charge is 2.29. The van der Waals surface area contributed by atoms with Crippen LogP contribution in [0.1, 0.15) is 26.7 Å². The molecule has 0 heterocycles. The van der Waals surface area contributed by atoms with Crippen LogP contribution in [0.3, 0.4) is 0 Å². The van der Waals surface area contributed by atoms with E-state index in [0.717, 1.165) is 0 Å². The molecule has 0 spiro atoms. The van der Waals surface area contributed by atoms with Gasteiger partial charge in [0.25, 0.3) is 0 Å². The molecule has 9 nitrogen and oxygen atoms in total. The molecule has 0 fully saturated rings. The highest BCUT2D eigenvalue weighted by Crippen LogP contribution is 2.07. The maximum atomic E-state index is 12.5. The number of nitrogens with two attached hydrogens (primary N) is 1. The second kappa shape index (κ2) is 13.7. The van der Waals surface area contributed by atoms with Crippen LogP contribution in [0, 0.1) is 5.92 Å². The van der Waals surface area contributed by atoms with Crippen LogP contribution < -0.4 is 21.7 Å². The molecule has 0 bridgehead atoms. The van der Waals surface area contributed by atoms with Gasteiger partial charge in [-0.05, 0) is 30.8 Å². The predicted molar refractivity (Wildman–Crippen MR) is 109 cm³/mol. The van der Waals surface area contributed by atoms with Crippen molar-refractivity contribution in [1.82, 2.24) is 16.0 Å². The lowest BCUT2D eigenvalue weighted by atomic mass is 10.0. The number of nitrogens with one attached hydrogen (secondary N) is 3. The summed E-state index contributed by atoms with van der Waals surface area (Å²) in [6.45, 7) is 3.43. The maximum absolute atomic E-state index is 12.5. The third-order valence-electron chi connectivity index (χ3n) is 3.59. The molecule has 0 aliphatic rings. The van der Waals surface area contributed by atoms with Gasteiger partial charge in [0.15, 0.2) is 0 Å². The smallest absolute Gasteiger partial charge is 0.326 e. The first-order valence-corrected chi connectivity index (χ1v) is 10.6. The largest absolute Gasteiger partial charge is 0.480 e. The minimum Gasteiger partial charge on any atom is -0.480 e. The first-order valence-electron chi connectivity index (χ1n) is 8.58. The summed E-state index contributed by atoms with van der Waals surface area (Å²) in [7, 11) is 0. The van der Waals surface area contributed by atoms with Crippen molar-refractivity contribution in [2.24, 2.45) is 11.7 Å². The van der Waals surface area contributed by atoms with Gasteiger partial charge in [-0.25, -0.2) is 4.79 Å². The Labute approximate surface area is 169 Å². The number of carbonyl (C=O) groups is 4. The Morgan fingerprint density at radius 3 is 2.04 bits per heavy atom. The molecule has 3 atom stereocenters. The maximum Gasteiger partial charge on any atom is 0.326 e. The van der Waals surface area contributed by atoms with E-state index in [4.69, 9.17) is 5.73 Å². The van der Waals surface area contributed by atoms with E-state index in [0.29, 0.717) is 12.2 Å². The lowest BCUT2D eigenvalue weighted by Crippen LogP contribution is -2.57. The van der Waals surface area contributed by atoms with Crippen molar-refractivity contribution in [3.8, 4) is 0 Å². The summed E-state index contributed by atoms with van der Waals surface area (Å²) in [6, 6.07) is -2.90. The molecule has 0 saturated heterocycles. The molecule has 3 amide bonds. The summed E-state index contributed by atoms with van der Waals surface area (Å²) in [6.07, 6.45) is 2.45. The Bertz CT molecular complexity index is 519. The zero-order valence-electron chi connectivity index (χ0n) is 15.9. The van der Waals surface area contributed by atoms with E-state index in [2.05, 4.69) is 28.6 Å². The van der Waals surface area contributed by atoms with E-state index >= 15 is 0 Å². The van der Waals surface area contributed by atoms with Crippen molar-refractivity contribution in [2.45, 2.75) is 44.8 Å². The van der Waals surface area contributed by atoms with Gasteiger partial charge in [0, 0.05) is 5.75 Å². The predicted octanol–water partition coefficient (Wildman–Crippen LogP) is -0.787. The Balaban J connectivity index is 5.12. The highest BCUT2D eigenvalue weighted by atomic mass is 32.2. The molecule has 0 aliphatic carbocycles. The lowest BCUT2D eigenvalue weighted by molar-refractivity contribution is -0.142. The highest BCUT2D eigenvalue weighted by molar-refractivity contribution is 7.98. The van der Waals surface area contributed by atoms with Gasteiger partial charge in [0.1, 0.15) is 18.1 Å². The summed E-state index contributed by atoms with van der Waals surface area (Å²) in [5.41, 5.74) is 5.22. The van der Waals surface area contributed by atoms with Gasteiger partial charge in [-0.15, -0.1) is 0 Å². The van der Waals surface area contributed by atoms with Crippen molar-refractivity contribution < 1.29 is 24.3 Å². The molecular formula is C16H30N4O5S2. The van der Waals surface area contributed by atoms with Gasteiger partial charge >= 0.3 is 5.97 Å². The van der Waals surface area contributed by atoms with Gasteiger partial charge in [-0.3, -0.25) is 14.4 Å². The molecule has 0 radical (unpaired) electrons. The zero-order chi connectivity index (χ0) is 21.0. The number of carboxylic acids is 1. The second-order valence-electron chi connectivity index (χ2n) is 6.38. The summed E-state index contributed by atoms with van der Waals surface area (Å²) >= 11 is 5.52. The molecule has 27 heavy (non-hydrogen) atoms. The van der Waals surface area contributed by atoms with E-state index in [1.807, 2.05) is 20.1 Å². The molecule has 0 rings (SSSR count). The Morgan fingerprint density at radius 1 is 1.04 bits per heavy atom. The number of carboxylic acid groups (broad SMARTS) is 1. The number of aliphatic carboxylic acids is 1. The number of carbonyl (C=O) groups excluding carboxylic acids is 3. The summed E-state index contributed by atoms with van der Waals surface area (Å²) in [5.74, 6) is -2.11. The van der Waals surface area contributed by atoms with Crippen LogP contribution in [0.5, 0.6) is 0 Å². The van der Waals surface area contributed by atoms with Crippen LogP contribution in [0.15, 0.2) is 0 Å². The number of thioether (sulfide) groups is 1. The van der Waals surface area contributed by atoms with Crippen molar-refractivity contribution in [3.63, 3.8) is 0 Å². The summed E-state index contributed by atoms with van der Waals surface area (Å²) in [4.78, 5) is 47.7. The van der Waals surface area contributed by atoms with Crippen molar-refractivity contribution in [3.05, 3.63) is 0 Å². The number of rotatable bonds is 13. The van der Waals surface area contributed by atoms with Gasteiger partial charge in [0.05, 0.1) is 6.54 Å². The van der Waals surface area contributed by atoms with Crippen molar-refractivity contribution in [1.29, 1.82) is 0 Å². The molecule has 0 aromatic heterocycles. The standard InChI is InChI=1S/C16H30N4O5S2/c1-9(2)6-11(16(24)25)20-14(22)10(4-5-27-3)19-15(23)12(8-26)18-13(21)7-17/h9-12,26H,4-8,17H2,1-3H3,(H,18,21)(H,19,23)(H,20,22)(H,24,25). The Kier molecular flexibility index (Phi) is 12.9. The van der Waals surface area contributed by atoms with Crippen LogP contribution in [-0.2, 0) is 19.2 Å². The molecule has 3 unspecified atom stereocenters. The average Bonchev–Trinajstić information content (AvgIpc) is 2.61. The van der Waals surface area contributed by atoms with Crippen LogP contribution in [-0.4, -0.2) is 71.2 Å². The van der Waals surface area contributed by atoms with E-state index in [9.17, 15) is 24.3 Å². The monoisotopic (exact) mass is 422 g/mol. The Hall–Kier alpha value is -1.46. The third-order valence-corrected chi connectivity index (χ3v) is 4.59. The van der Waals surface area contributed by atoms with Crippen LogP contribution >= 0.6 is 24.4 Å². The van der Waals surface area contributed by atoms with Crippen LogP contribution in [0.2, 0.25) is 0 Å². The quantitative estimate of drug-likeness (QED) is 0.213. The van der Waals surface area contributed by atoms with E-state index in [1.165, 1.54) is 11.8 Å². The molecule has 156 valence electrons. The topological polar surface area (TPSA) is 151 Å². The zero-order valence-corrected chi connectivity index (χ0v) is 17.6. The first-order chi connectivity index (χ1) is 12.7. The third kappa shape index (κ3) is 10.5. The fourth-order valence-electron chi connectivity index (χ4n) is 2.19. The summed E-state index contributed by atoms with van der Waals surface area (Å²) < 4.78 is 0. The number of thiol groups is 1. The van der Waals surface area contributed by atoms with Crippen molar-refractivity contribution >= 4 is 48.1 Å². The van der Waals surface area contributed by atoms with Crippen molar-refractivity contribution in [2.75, 3.05) is 24.3 Å². The fraction of sp³-hybridized carbons (Fsp3) is 0.750. The molecule has 0 aromatic rings. The number of amides is 3. The molecule has 0 aliphatic heterocycles. The lowest BCUT2D eigenvalue weighted by Gasteiger charge is -2.24. The minimum atomic E-state index is -1.13. The second-order valence-corrected chi connectivity index (χ2v) is 7.73. The molecule has 0 aromatic carbocycles. The van der Waals surface area contributed by atoms with Crippen LogP contribution in [0.25, 0.3) is 0 Å². The van der Waals surface area contributed by atoms with Gasteiger partial charge in [-0.1, -0.05) is 13.8 Å². The van der Waals surface area contributed by atoms with E-state index in [-0.39, 0.29) is 24.6 Å². The van der Waals surface area contributed by atoms with Gasteiger partial charge in [-0.2, -0.15) is 24.4 Å². The van der Waals surface area contributed by atoms with Gasteiger partial charge in [0.2, 0.25) is 17.7 Å². The summed E-state index contributed by atoms with van der Waals surface area (Å²) in [5, 5.41) is 16.8. The first kappa shape index (κ1) is 25.5. The number of hydrogen-bond donors (Lipinski definition) is 6.